The molecule has 9 heteroatoms. The predicted molar refractivity (Wildman–Crippen MR) is 99.9 cm³/mol. The van der Waals surface area contributed by atoms with Gasteiger partial charge in [-0.15, -0.1) is 11.6 Å². The number of hydrogen-bond donors (Lipinski definition) is 2. The molecule has 0 spiro atoms. The average molecular weight is 420 g/mol. The van der Waals surface area contributed by atoms with Crippen LogP contribution in [0, 0.1) is 0 Å². The molecule has 0 aliphatic rings. The second-order valence-electron chi connectivity index (χ2n) is 5.87. The first-order valence-corrected chi connectivity index (χ1v) is 8.84. The van der Waals surface area contributed by atoms with Crippen LogP contribution in [0.15, 0.2) is 42.5 Å². The lowest BCUT2D eigenvalue weighted by molar-refractivity contribution is -0.137. The van der Waals surface area contributed by atoms with Gasteiger partial charge in [0.1, 0.15) is 11.5 Å². The van der Waals surface area contributed by atoms with Gasteiger partial charge in [-0.2, -0.15) is 13.2 Å². The maximum Gasteiger partial charge on any atom is 0.416 e. The van der Waals surface area contributed by atoms with Crippen molar-refractivity contribution >= 4 is 17.3 Å². The monoisotopic (exact) mass is 419 g/mol. The number of hydrogen-bond acceptors (Lipinski definition) is 5. The van der Waals surface area contributed by atoms with Crippen LogP contribution < -0.4 is 10.1 Å². The first kappa shape index (κ1) is 22.3. The van der Waals surface area contributed by atoms with Crippen LogP contribution >= 0.6 is 11.6 Å². The molecule has 5 nitrogen and oxygen atoms in total. The van der Waals surface area contributed by atoms with Gasteiger partial charge in [0.05, 0.1) is 23.1 Å². The molecule has 0 saturated heterocycles. The highest BCUT2D eigenvalue weighted by molar-refractivity contribution is 6.18. The van der Waals surface area contributed by atoms with Crippen LogP contribution in [-0.4, -0.2) is 37.9 Å². The Morgan fingerprint density at radius 1 is 1.11 bits per heavy atom. The summed E-state index contributed by atoms with van der Waals surface area (Å²) in [5.41, 5.74) is 0.289. The van der Waals surface area contributed by atoms with Gasteiger partial charge in [0.25, 0.3) is 0 Å². The van der Waals surface area contributed by atoms with Crippen molar-refractivity contribution in [2.45, 2.75) is 18.6 Å². The lowest BCUT2D eigenvalue weighted by atomic mass is 10.1. The summed E-state index contributed by atoms with van der Waals surface area (Å²) in [5, 5.41) is 12.6. The third-order valence-corrected chi connectivity index (χ3v) is 4.16. The van der Waals surface area contributed by atoms with Crippen molar-refractivity contribution in [2.75, 3.05) is 32.0 Å². The number of alkyl halides is 4. The van der Waals surface area contributed by atoms with Gasteiger partial charge in [0, 0.05) is 26.5 Å². The Morgan fingerprint density at radius 3 is 2.43 bits per heavy atom. The fraction of sp³-hybridized carbons (Fsp3) is 0.368. The highest BCUT2D eigenvalue weighted by Crippen LogP contribution is 2.36. The van der Waals surface area contributed by atoms with Crippen LogP contribution in [0.2, 0.25) is 0 Å². The van der Waals surface area contributed by atoms with E-state index in [9.17, 15) is 18.3 Å². The minimum Gasteiger partial charge on any atom is -0.457 e. The average Bonchev–Trinajstić information content (AvgIpc) is 2.68. The molecule has 2 N–H and O–H groups in total. The summed E-state index contributed by atoms with van der Waals surface area (Å²) in [5.74, 6) is 0.381. The van der Waals surface area contributed by atoms with E-state index in [1.54, 1.807) is 18.2 Å². The van der Waals surface area contributed by atoms with Crippen molar-refractivity contribution in [1.29, 1.82) is 0 Å². The number of benzene rings is 2. The quantitative estimate of drug-likeness (QED) is 0.451. The van der Waals surface area contributed by atoms with Gasteiger partial charge in [-0.05, 0) is 36.4 Å². The molecule has 2 aromatic rings. The Hall–Kier alpha value is -2.00. The second-order valence-corrected chi connectivity index (χ2v) is 6.18. The summed E-state index contributed by atoms with van der Waals surface area (Å²) >= 11 is 5.58. The molecular weight excluding hydrogens is 399 g/mol. The molecule has 0 aliphatic carbocycles. The van der Waals surface area contributed by atoms with E-state index in [2.05, 4.69) is 5.32 Å². The van der Waals surface area contributed by atoms with Crippen LogP contribution in [0.4, 0.5) is 18.9 Å². The summed E-state index contributed by atoms with van der Waals surface area (Å²) in [6.07, 6.45) is -6.01. The minimum atomic E-state index is -4.47. The van der Waals surface area contributed by atoms with E-state index >= 15 is 0 Å². The first-order valence-electron chi connectivity index (χ1n) is 8.31. The first-order chi connectivity index (χ1) is 13.3. The number of aliphatic hydroxyl groups is 1. The fourth-order valence-electron chi connectivity index (χ4n) is 2.44. The van der Waals surface area contributed by atoms with Gasteiger partial charge in [0.15, 0.2) is 6.29 Å². The maximum absolute atomic E-state index is 12.9. The zero-order valence-corrected chi connectivity index (χ0v) is 16.1. The Morgan fingerprint density at radius 2 is 1.82 bits per heavy atom. The zero-order valence-electron chi connectivity index (χ0n) is 15.3. The van der Waals surface area contributed by atoms with Crippen LogP contribution in [0.1, 0.15) is 17.4 Å². The molecule has 2 rings (SSSR count). The molecule has 154 valence electrons. The number of rotatable bonds is 9. The highest BCUT2D eigenvalue weighted by Gasteiger charge is 2.30. The number of nitrogens with one attached hydrogen (secondary N) is 1. The molecule has 2 aromatic carbocycles. The molecule has 0 fully saturated rings. The largest absolute Gasteiger partial charge is 0.457 e. The van der Waals surface area contributed by atoms with Crippen LogP contribution in [0.25, 0.3) is 0 Å². The van der Waals surface area contributed by atoms with E-state index in [-0.39, 0.29) is 23.9 Å². The SMILES string of the molecule is COC(OC)c1cc(NCC(O)CCl)ccc1Oc1cccc(C(F)(F)F)c1. The van der Waals surface area contributed by atoms with E-state index in [1.807, 2.05) is 0 Å². The molecule has 0 amide bonds. The van der Waals surface area contributed by atoms with Crippen molar-refractivity contribution in [3.8, 4) is 11.5 Å². The number of aliphatic hydroxyl groups excluding tert-OH is 1. The molecule has 1 atom stereocenters. The standard InChI is InChI=1S/C19H21ClF3NO4/c1-26-18(27-2)16-9-13(24-11-14(25)10-20)6-7-17(16)28-15-5-3-4-12(8-15)19(21,22)23/h3-9,14,18,24-25H,10-11H2,1-2H3. The van der Waals surface area contributed by atoms with Crippen molar-refractivity contribution in [3.05, 3.63) is 53.6 Å². The maximum atomic E-state index is 12.9. The van der Waals surface area contributed by atoms with Crippen molar-refractivity contribution in [3.63, 3.8) is 0 Å². The van der Waals surface area contributed by atoms with E-state index < -0.39 is 24.1 Å². The molecule has 0 aliphatic heterocycles. The van der Waals surface area contributed by atoms with Gasteiger partial charge in [0.2, 0.25) is 0 Å². The molecule has 0 heterocycles. The summed E-state index contributed by atoms with van der Waals surface area (Å²) in [6, 6.07) is 9.49. The minimum absolute atomic E-state index is 0.0281. The van der Waals surface area contributed by atoms with Crippen LogP contribution in [-0.2, 0) is 15.7 Å². The molecule has 0 saturated carbocycles. The highest BCUT2D eigenvalue weighted by atomic mass is 35.5. The van der Waals surface area contributed by atoms with Crippen LogP contribution in [0.3, 0.4) is 0 Å². The summed E-state index contributed by atoms with van der Waals surface area (Å²) in [4.78, 5) is 0. The molecule has 0 radical (unpaired) electrons. The number of ether oxygens (including phenoxy) is 3. The lowest BCUT2D eigenvalue weighted by Crippen LogP contribution is -2.20. The molecular formula is C19H21ClF3NO4. The van der Waals surface area contributed by atoms with Gasteiger partial charge in [-0.25, -0.2) is 0 Å². The van der Waals surface area contributed by atoms with Crippen molar-refractivity contribution in [1.82, 2.24) is 0 Å². The molecule has 1 unspecified atom stereocenters. The smallest absolute Gasteiger partial charge is 0.416 e. The number of methoxy groups -OCH3 is 2. The summed E-state index contributed by atoms with van der Waals surface area (Å²) in [6.45, 7) is 0.224. The Bertz CT molecular complexity index is 769. The lowest BCUT2D eigenvalue weighted by Gasteiger charge is -2.20. The van der Waals surface area contributed by atoms with E-state index in [1.165, 1.54) is 26.4 Å². The number of halogens is 4. The van der Waals surface area contributed by atoms with Crippen molar-refractivity contribution < 1.29 is 32.5 Å². The van der Waals surface area contributed by atoms with Crippen LogP contribution in [0.5, 0.6) is 11.5 Å². The fourth-order valence-corrected chi connectivity index (χ4v) is 2.55. The van der Waals surface area contributed by atoms with E-state index in [0.29, 0.717) is 11.3 Å². The number of anilines is 1. The Kier molecular flexibility index (Phi) is 7.94. The Balaban J connectivity index is 2.32. The molecule has 28 heavy (non-hydrogen) atoms. The topological polar surface area (TPSA) is 60.0 Å². The summed E-state index contributed by atoms with van der Waals surface area (Å²) in [7, 11) is 2.86. The predicted octanol–water partition coefficient (Wildman–Crippen LogP) is 4.80. The van der Waals surface area contributed by atoms with Crippen molar-refractivity contribution in [2.24, 2.45) is 0 Å². The van der Waals surface area contributed by atoms with Gasteiger partial charge in [-0.3, -0.25) is 0 Å². The third-order valence-electron chi connectivity index (χ3n) is 3.80. The van der Waals surface area contributed by atoms with E-state index in [4.69, 9.17) is 25.8 Å². The van der Waals surface area contributed by atoms with E-state index in [0.717, 1.165) is 12.1 Å². The Labute approximate surface area is 166 Å². The van der Waals surface area contributed by atoms with Gasteiger partial charge >= 0.3 is 6.18 Å². The van der Waals surface area contributed by atoms with Gasteiger partial charge in [-0.1, -0.05) is 6.07 Å². The third kappa shape index (κ3) is 6.00. The molecule has 0 bridgehead atoms. The summed E-state index contributed by atoms with van der Waals surface area (Å²) < 4.78 is 55.0. The van der Waals surface area contributed by atoms with Gasteiger partial charge < -0.3 is 24.6 Å². The normalized spacial score (nSPS) is 12.9. The zero-order chi connectivity index (χ0) is 20.7. The molecule has 0 aromatic heterocycles. The second kappa shape index (κ2) is 9.97.